The molecule has 0 spiro atoms. The number of benzene rings is 1. The van der Waals surface area contributed by atoms with Crippen molar-refractivity contribution in [3.8, 4) is 0 Å². The Labute approximate surface area is 125 Å². The Hall–Kier alpha value is -0.780. The maximum Gasteiger partial charge on any atom is 0.107 e. The summed E-state index contributed by atoms with van der Waals surface area (Å²) in [5.74, 6) is 0. The molecular weight excluding hydrogens is 276 g/mol. The summed E-state index contributed by atoms with van der Waals surface area (Å²) in [4.78, 5) is 3.67. The summed E-state index contributed by atoms with van der Waals surface area (Å²) >= 11 is 6.84. The zero-order valence-corrected chi connectivity index (χ0v) is 13.2. The highest BCUT2D eigenvalue weighted by Crippen LogP contribution is 2.29. The second kappa shape index (κ2) is 8.40. The fourth-order valence-corrected chi connectivity index (χ4v) is 2.94. The van der Waals surface area contributed by atoms with Crippen molar-refractivity contribution in [2.75, 3.05) is 30.9 Å². The third kappa shape index (κ3) is 4.37. The van der Waals surface area contributed by atoms with Gasteiger partial charge in [0.05, 0.1) is 6.61 Å². The van der Waals surface area contributed by atoms with Crippen LogP contribution in [0.1, 0.15) is 25.3 Å². The second-order valence-corrected chi connectivity index (χ2v) is 5.57. The van der Waals surface area contributed by atoms with Crippen LogP contribution in [-0.2, 0) is 0 Å². The first-order valence-electron chi connectivity index (χ1n) is 6.48. The van der Waals surface area contributed by atoms with Crippen LogP contribution < -0.4 is 10.6 Å². The molecule has 0 heterocycles. The van der Waals surface area contributed by atoms with Crippen LogP contribution >= 0.6 is 24.0 Å². The molecule has 5 heteroatoms. The minimum absolute atomic E-state index is 0.129. The summed E-state index contributed by atoms with van der Waals surface area (Å²) in [6, 6.07) is 6.07. The van der Waals surface area contributed by atoms with Gasteiger partial charge in [-0.25, -0.2) is 0 Å². The van der Waals surface area contributed by atoms with Crippen LogP contribution in [0.15, 0.2) is 23.1 Å². The maximum atomic E-state index is 9.24. The molecule has 1 aromatic carbocycles. The number of nitrogens with zero attached hydrogens (tertiary/aromatic N) is 1. The van der Waals surface area contributed by atoms with E-state index in [9.17, 15) is 5.11 Å². The normalized spacial score (nSPS) is 10.5. The molecule has 1 rings (SSSR count). The minimum Gasteiger partial charge on any atom is -0.395 e. The lowest BCUT2D eigenvalue weighted by Gasteiger charge is -2.27. The third-order valence-electron chi connectivity index (χ3n) is 2.96. The van der Waals surface area contributed by atoms with E-state index >= 15 is 0 Å². The van der Waals surface area contributed by atoms with E-state index in [1.807, 2.05) is 24.5 Å². The molecule has 0 aliphatic rings. The first-order valence-corrected chi connectivity index (χ1v) is 8.11. The Balaban J connectivity index is 3.16. The van der Waals surface area contributed by atoms with Crippen molar-refractivity contribution in [3.63, 3.8) is 0 Å². The highest BCUT2D eigenvalue weighted by Gasteiger charge is 2.15. The molecule has 1 aromatic rings. The zero-order chi connectivity index (χ0) is 14.3. The Morgan fingerprint density at radius 3 is 2.68 bits per heavy atom. The number of hydrogen-bond acceptors (Lipinski definition) is 4. The number of thiocarbonyl (C=S) groups is 1. The van der Waals surface area contributed by atoms with Crippen LogP contribution in [-0.4, -0.2) is 36.0 Å². The Bertz CT molecular complexity index is 424. The summed E-state index contributed by atoms with van der Waals surface area (Å²) in [5.41, 5.74) is 7.84. The molecule has 0 unspecified atom stereocenters. The van der Waals surface area contributed by atoms with Crippen molar-refractivity contribution in [2.24, 2.45) is 5.73 Å². The number of rotatable bonds is 8. The molecule has 0 amide bonds. The molecule has 106 valence electrons. The van der Waals surface area contributed by atoms with Crippen molar-refractivity contribution in [1.29, 1.82) is 0 Å². The summed E-state index contributed by atoms with van der Waals surface area (Å²) in [6.45, 7) is 3.80. The van der Waals surface area contributed by atoms with E-state index in [4.69, 9.17) is 18.0 Å². The predicted octanol–water partition coefficient (Wildman–Crippen LogP) is 2.64. The molecule has 0 saturated heterocycles. The number of nitrogens with two attached hydrogens (primary N) is 1. The smallest absolute Gasteiger partial charge is 0.107 e. The topological polar surface area (TPSA) is 49.5 Å². The number of anilines is 1. The lowest BCUT2D eigenvalue weighted by molar-refractivity contribution is 0.301. The molecule has 3 N–H and O–H groups in total. The molecule has 0 bridgehead atoms. The number of aliphatic hydroxyl groups is 1. The van der Waals surface area contributed by atoms with Gasteiger partial charge in [0, 0.05) is 29.2 Å². The molecule has 0 saturated carbocycles. The summed E-state index contributed by atoms with van der Waals surface area (Å²) in [6.07, 6.45) is 4.22. The Kier molecular flexibility index (Phi) is 7.20. The molecule has 0 aliphatic carbocycles. The fraction of sp³-hybridized carbons (Fsp3) is 0.500. The van der Waals surface area contributed by atoms with Gasteiger partial charge < -0.3 is 15.7 Å². The monoisotopic (exact) mass is 298 g/mol. The van der Waals surface area contributed by atoms with Crippen LogP contribution in [0.25, 0.3) is 0 Å². The fourth-order valence-electron chi connectivity index (χ4n) is 2.02. The molecule has 0 atom stereocenters. The zero-order valence-electron chi connectivity index (χ0n) is 11.6. The first-order chi connectivity index (χ1) is 9.15. The van der Waals surface area contributed by atoms with E-state index in [-0.39, 0.29) is 6.61 Å². The van der Waals surface area contributed by atoms with Crippen molar-refractivity contribution in [3.05, 3.63) is 23.8 Å². The maximum absolute atomic E-state index is 9.24. The Morgan fingerprint density at radius 1 is 1.42 bits per heavy atom. The lowest BCUT2D eigenvalue weighted by Crippen LogP contribution is -2.30. The van der Waals surface area contributed by atoms with Crippen molar-refractivity contribution in [1.82, 2.24) is 0 Å². The van der Waals surface area contributed by atoms with Crippen LogP contribution in [0.3, 0.4) is 0 Å². The van der Waals surface area contributed by atoms with Gasteiger partial charge in [-0.2, -0.15) is 0 Å². The van der Waals surface area contributed by atoms with Gasteiger partial charge in [-0.05, 0) is 24.8 Å². The lowest BCUT2D eigenvalue weighted by atomic mass is 10.1. The third-order valence-corrected chi connectivity index (χ3v) is 3.95. The SMILES string of the molecule is CCCCN(CCO)c1cccc(SC)c1C(N)=S. The van der Waals surface area contributed by atoms with Gasteiger partial charge in [0.25, 0.3) is 0 Å². The predicted molar refractivity (Wildman–Crippen MR) is 88.3 cm³/mol. The van der Waals surface area contributed by atoms with E-state index in [0.717, 1.165) is 35.5 Å². The highest BCUT2D eigenvalue weighted by molar-refractivity contribution is 7.98. The van der Waals surface area contributed by atoms with Crippen LogP contribution in [0, 0.1) is 0 Å². The van der Waals surface area contributed by atoms with E-state index in [1.54, 1.807) is 11.8 Å². The van der Waals surface area contributed by atoms with E-state index in [1.165, 1.54) is 0 Å². The quantitative estimate of drug-likeness (QED) is 0.571. The molecule has 19 heavy (non-hydrogen) atoms. The molecular formula is C14H22N2OS2. The van der Waals surface area contributed by atoms with Gasteiger partial charge in [-0.3, -0.25) is 0 Å². The van der Waals surface area contributed by atoms with Gasteiger partial charge in [-0.1, -0.05) is 31.6 Å². The van der Waals surface area contributed by atoms with Crippen molar-refractivity contribution in [2.45, 2.75) is 24.7 Å². The largest absolute Gasteiger partial charge is 0.395 e. The van der Waals surface area contributed by atoms with Crippen molar-refractivity contribution < 1.29 is 5.11 Å². The standard InChI is InChI=1S/C14H22N2OS2/c1-3-4-8-16(9-10-17)11-6-5-7-12(19-2)13(11)14(15)18/h5-7,17H,3-4,8-10H2,1-2H3,(H2,15,18). The van der Waals surface area contributed by atoms with Gasteiger partial charge >= 0.3 is 0 Å². The van der Waals surface area contributed by atoms with E-state index in [0.29, 0.717) is 11.5 Å². The Morgan fingerprint density at radius 2 is 2.16 bits per heavy atom. The van der Waals surface area contributed by atoms with Gasteiger partial charge in [0.1, 0.15) is 4.99 Å². The molecule has 0 radical (unpaired) electrons. The van der Waals surface area contributed by atoms with Gasteiger partial charge in [0.15, 0.2) is 0 Å². The molecule has 0 fully saturated rings. The van der Waals surface area contributed by atoms with Gasteiger partial charge in [0.2, 0.25) is 0 Å². The van der Waals surface area contributed by atoms with Crippen LogP contribution in [0.5, 0.6) is 0 Å². The number of thioether (sulfide) groups is 1. The number of aliphatic hydroxyl groups excluding tert-OH is 1. The van der Waals surface area contributed by atoms with E-state index in [2.05, 4.69) is 11.8 Å². The average Bonchev–Trinajstić information content (AvgIpc) is 2.42. The summed E-state index contributed by atoms with van der Waals surface area (Å²) in [7, 11) is 0. The van der Waals surface area contributed by atoms with Crippen LogP contribution in [0.2, 0.25) is 0 Å². The molecule has 3 nitrogen and oxygen atoms in total. The average molecular weight is 298 g/mol. The summed E-state index contributed by atoms with van der Waals surface area (Å²) < 4.78 is 0. The molecule has 0 aliphatic heterocycles. The first kappa shape index (κ1) is 16.3. The minimum atomic E-state index is 0.129. The van der Waals surface area contributed by atoms with Gasteiger partial charge in [-0.15, -0.1) is 11.8 Å². The number of unbranched alkanes of at least 4 members (excludes halogenated alkanes) is 1. The van der Waals surface area contributed by atoms with Crippen LogP contribution in [0.4, 0.5) is 5.69 Å². The highest BCUT2D eigenvalue weighted by atomic mass is 32.2. The second-order valence-electron chi connectivity index (χ2n) is 4.28. The molecule has 0 aromatic heterocycles. The van der Waals surface area contributed by atoms with Crippen molar-refractivity contribution >= 4 is 34.7 Å². The summed E-state index contributed by atoms with van der Waals surface area (Å²) in [5, 5.41) is 9.24. The van der Waals surface area contributed by atoms with E-state index < -0.39 is 0 Å². The number of hydrogen-bond donors (Lipinski definition) is 2.